The van der Waals surface area contributed by atoms with Crippen LogP contribution in [0.4, 0.5) is 23.1 Å². The van der Waals surface area contributed by atoms with E-state index in [9.17, 15) is 0 Å². The molecule has 118 valence electrons. The largest absolute Gasteiger partial charge is 0.339 e. The fraction of sp³-hybridized carbons (Fsp3) is 0.105. The molecule has 0 saturated carbocycles. The third kappa shape index (κ3) is 3.50. The second kappa shape index (κ2) is 7.25. The summed E-state index contributed by atoms with van der Waals surface area (Å²) in [6.45, 7) is 2.11. The highest BCUT2D eigenvalue weighted by Gasteiger charge is 2.05. The van der Waals surface area contributed by atoms with Gasteiger partial charge in [0.05, 0.1) is 11.3 Å². The van der Waals surface area contributed by atoms with Crippen molar-refractivity contribution in [3.8, 4) is 6.07 Å². The average molecular weight is 315 g/mol. The molecule has 3 aromatic rings. The number of nitrogens with one attached hydrogen (secondary N) is 2. The zero-order valence-corrected chi connectivity index (χ0v) is 13.3. The molecule has 24 heavy (non-hydrogen) atoms. The van der Waals surface area contributed by atoms with Gasteiger partial charge < -0.3 is 10.6 Å². The van der Waals surface area contributed by atoms with Gasteiger partial charge >= 0.3 is 0 Å². The Morgan fingerprint density at radius 2 is 1.71 bits per heavy atom. The molecule has 0 radical (unpaired) electrons. The number of aromatic nitrogens is 2. The van der Waals surface area contributed by atoms with E-state index in [1.54, 1.807) is 18.3 Å². The summed E-state index contributed by atoms with van der Waals surface area (Å²) in [5.41, 5.74) is 3.49. The van der Waals surface area contributed by atoms with Gasteiger partial charge in [-0.15, -0.1) is 0 Å². The number of anilines is 4. The van der Waals surface area contributed by atoms with Crippen molar-refractivity contribution in [1.82, 2.24) is 9.97 Å². The maximum atomic E-state index is 9.17. The molecule has 0 saturated heterocycles. The van der Waals surface area contributed by atoms with E-state index in [-0.39, 0.29) is 0 Å². The van der Waals surface area contributed by atoms with E-state index in [2.05, 4.69) is 39.7 Å². The molecule has 0 bridgehead atoms. The summed E-state index contributed by atoms with van der Waals surface area (Å²) >= 11 is 0. The van der Waals surface area contributed by atoms with Gasteiger partial charge in [0.25, 0.3) is 0 Å². The summed E-state index contributed by atoms with van der Waals surface area (Å²) in [5, 5.41) is 15.6. The summed E-state index contributed by atoms with van der Waals surface area (Å²) in [7, 11) is 0. The fourth-order valence-electron chi connectivity index (χ4n) is 2.39. The van der Waals surface area contributed by atoms with Crippen LogP contribution in [-0.2, 0) is 6.42 Å². The molecule has 0 unspecified atom stereocenters. The quantitative estimate of drug-likeness (QED) is 0.730. The van der Waals surface area contributed by atoms with Crippen LogP contribution in [0.15, 0.2) is 60.8 Å². The van der Waals surface area contributed by atoms with Crippen LogP contribution < -0.4 is 10.6 Å². The second-order valence-corrected chi connectivity index (χ2v) is 5.18. The maximum absolute atomic E-state index is 9.17. The molecular formula is C19H17N5. The maximum Gasteiger partial charge on any atom is 0.229 e. The van der Waals surface area contributed by atoms with E-state index in [1.807, 2.05) is 36.4 Å². The van der Waals surface area contributed by atoms with Crippen molar-refractivity contribution >= 4 is 23.1 Å². The van der Waals surface area contributed by atoms with Crippen molar-refractivity contribution in [3.05, 3.63) is 71.9 Å². The van der Waals surface area contributed by atoms with Crippen LogP contribution in [0.25, 0.3) is 0 Å². The third-order valence-electron chi connectivity index (χ3n) is 3.61. The minimum absolute atomic E-state index is 0.510. The highest BCUT2D eigenvalue weighted by atomic mass is 15.1. The Hall–Kier alpha value is -3.39. The third-order valence-corrected chi connectivity index (χ3v) is 3.61. The van der Waals surface area contributed by atoms with Crippen molar-refractivity contribution in [3.63, 3.8) is 0 Å². The Morgan fingerprint density at radius 1 is 0.958 bits per heavy atom. The van der Waals surface area contributed by atoms with E-state index >= 15 is 0 Å². The van der Waals surface area contributed by atoms with Crippen molar-refractivity contribution in [2.45, 2.75) is 13.3 Å². The van der Waals surface area contributed by atoms with Crippen LogP contribution in [0.5, 0.6) is 0 Å². The van der Waals surface area contributed by atoms with Crippen LogP contribution in [-0.4, -0.2) is 9.97 Å². The number of nitriles is 1. The van der Waals surface area contributed by atoms with Gasteiger partial charge in [-0.2, -0.15) is 10.2 Å². The molecule has 2 aromatic carbocycles. The van der Waals surface area contributed by atoms with Crippen LogP contribution in [0.1, 0.15) is 18.1 Å². The van der Waals surface area contributed by atoms with E-state index in [0.717, 1.165) is 17.8 Å². The number of benzene rings is 2. The number of hydrogen-bond donors (Lipinski definition) is 2. The molecule has 0 spiro atoms. The van der Waals surface area contributed by atoms with Gasteiger partial charge in [-0.25, -0.2) is 4.98 Å². The highest BCUT2D eigenvalue weighted by molar-refractivity contribution is 5.65. The Labute approximate surface area is 141 Å². The molecule has 2 N–H and O–H groups in total. The van der Waals surface area contributed by atoms with Gasteiger partial charge in [-0.05, 0) is 36.2 Å². The first-order valence-electron chi connectivity index (χ1n) is 7.74. The van der Waals surface area contributed by atoms with Crippen molar-refractivity contribution in [2.75, 3.05) is 10.6 Å². The molecule has 1 heterocycles. The standard InChI is InChI=1S/C19H17N5/c1-2-14-7-3-5-9-16(14)23-19-21-12-11-18(24-19)22-17-10-6-4-8-15(17)13-20/h3-12H,2H2,1H3,(H2,21,22,23,24). The van der Waals surface area contributed by atoms with Crippen LogP contribution in [0.3, 0.4) is 0 Å². The minimum atomic E-state index is 0.510. The van der Waals surface area contributed by atoms with Gasteiger partial charge in [0.2, 0.25) is 5.95 Å². The van der Waals surface area contributed by atoms with Gasteiger partial charge in [0, 0.05) is 11.9 Å². The smallest absolute Gasteiger partial charge is 0.229 e. The predicted octanol–water partition coefficient (Wildman–Crippen LogP) is 4.40. The number of aryl methyl sites for hydroxylation is 1. The zero-order valence-electron chi connectivity index (χ0n) is 13.3. The minimum Gasteiger partial charge on any atom is -0.339 e. The number of hydrogen-bond acceptors (Lipinski definition) is 5. The molecule has 0 amide bonds. The molecular weight excluding hydrogens is 298 g/mol. The summed E-state index contributed by atoms with van der Waals surface area (Å²) in [5.74, 6) is 1.14. The van der Waals surface area contributed by atoms with Gasteiger partial charge in [-0.1, -0.05) is 37.3 Å². The van der Waals surface area contributed by atoms with Gasteiger partial charge in [0.15, 0.2) is 0 Å². The summed E-state index contributed by atoms with van der Waals surface area (Å²) in [4.78, 5) is 8.74. The lowest BCUT2D eigenvalue weighted by Crippen LogP contribution is -2.02. The molecule has 0 atom stereocenters. The Kier molecular flexibility index (Phi) is 4.68. The van der Waals surface area contributed by atoms with E-state index < -0.39 is 0 Å². The van der Waals surface area contributed by atoms with E-state index in [1.165, 1.54) is 5.56 Å². The molecule has 0 fully saturated rings. The molecule has 0 aliphatic carbocycles. The van der Waals surface area contributed by atoms with E-state index in [0.29, 0.717) is 17.3 Å². The highest BCUT2D eigenvalue weighted by Crippen LogP contribution is 2.22. The molecule has 5 heteroatoms. The molecule has 1 aromatic heterocycles. The predicted molar refractivity (Wildman–Crippen MR) is 95.6 cm³/mol. The lowest BCUT2D eigenvalue weighted by Gasteiger charge is -2.11. The number of nitrogens with zero attached hydrogens (tertiary/aromatic N) is 3. The Morgan fingerprint density at radius 3 is 2.50 bits per heavy atom. The van der Waals surface area contributed by atoms with Crippen molar-refractivity contribution in [1.29, 1.82) is 5.26 Å². The van der Waals surface area contributed by atoms with Gasteiger partial charge in [0.1, 0.15) is 11.9 Å². The zero-order chi connectivity index (χ0) is 16.8. The number of rotatable bonds is 5. The number of para-hydroxylation sites is 2. The van der Waals surface area contributed by atoms with E-state index in [4.69, 9.17) is 5.26 Å². The normalized spacial score (nSPS) is 10.0. The van der Waals surface area contributed by atoms with Crippen LogP contribution in [0, 0.1) is 11.3 Å². The fourth-order valence-corrected chi connectivity index (χ4v) is 2.39. The monoisotopic (exact) mass is 315 g/mol. The Balaban J connectivity index is 1.83. The molecule has 3 rings (SSSR count). The molecule has 0 aliphatic rings. The lowest BCUT2D eigenvalue weighted by atomic mass is 10.1. The molecule has 0 aliphatic heterocycles. The van der Waals surface area contributed by atoms with Crippen molar-refractivity contribution in [2.24, 2.45) is 0 Å². The second-order valence-electron chi connectivity index (χ2n) is 5.18. The Bertz CT molecular complexity index is 883. The first kappa shape index (κ1) is 15.5. The van der Waals surface area contributed by atoms with Gasteiger partial charge in [-0.3, -0.25) is 0 Å². The van der Waals surface area contributed by atoms with Crippen LogP contribution >= 0.6 is 0 Å². The topological polar surface area (TPSA) is 73.6 Å². The first-order chi connectivity index (χ1) is 11.8. The average Bonchev–Trinajstić information content (AvgIpc) is 2.63. The summed E-state index contributed by atoms with van der Waals surface area (Å²) in [6, 6.07) is 19.3. The summed E-state index contributed by atoms with van der Waals surface area (Å²) < 4.78 is 0. The molecule has 5 nitrogen and oxygen atoms in total. The lowest BCUT2D eigenvalue weighted by molar-refractivity contribution is 1.12. The SMILES string of the molecule is CCc1ccccc1Nc1nccc(Nc2ccccc2C#N)n1. The summed E-state index contributed by atoms with van der Waals surface area (Å²) in [6.07, 6.45) is 2.61. The first-order valence-corrected chi connectivity index (χ1v) is 7.74. The van der Waals surface area contributed by atoms with Crippen molar-refractivity contribution < 1.29 is 0 Å². The van der Waals surface area contributed by atoms with Crippen LogP contribution in [0.2, 0.25) is 0 Å².